The quantitative estimate of drug-likeness (QED) is 0.308. The van der Waals surface area contributed by atoms with Gasteiger partial charge in [-0.15, -0.1) is 0 Å². The minimum Gasteiger partial charge on any atom is -0.394 e. The Hall–Kier alpha value is 0.279. The molecule has 6 nitrogen and oxygen atoms in total. The molecule has 13 heavy (non-hydrogen) atoms. The molecule has 1 saturated heterocycles. The summed E-state index contributed by atoms with van der Waals surface area (Å²) in [7, 11) is 0. The number of aliphatic hydroxyl groups excluding tert-OH is 4. The molecule has 83 valence electrons. The summed E-state index contributed by atoms with van der Waals surface area (Å²) < 4.78 is 4.70. The molecular formula is C6H13CuNO5. The summed E-state index contributed by atoms with van der Waals surface area (Å²) >= 11 is 0. The van der Waals surface area contributed by atoms with E-state index in [4.69, 9.17) is 20.7 Å². The smallest absolute Gasteiger partial charge is 0.173 e. The zero-order chi connectivity index (χ0) is 9.30. The third-order valence-electron chi connectivity index (χ3n) is 1.95. The molecule has 1 rings (SSSR count). The fourth-order valence-electron chi connectivity index (χ4n) is 1.12. The molecule has 1 aliphatic rings. The fraction of sp³-hybridized carbons (Fsp3) is 1.00. The van der Waals surface area contributed by atoms with Gasteiger partial charge in [0.05, 0.1) is 12.6 Å². The molecule has 0 amide bonds. The van der Waals surface area contributed by atoms with Gasteiger partial charge < -0.3 is 30.9 Å². The Morgan fingerprint density at radius 1 is 1.15 bits per heavy atom. The van der Waals surface area contributed by atoms with Crippen molar-refractivity contribution in [3.8, 4) is 0 Å². The van der Waals surface area contributed by atoms with Crippen molar-refractivity contribution in [2.75, 3.05) is 6.61 Å². The van der Waals surface area contributed by atoms with Gasteiger partial charge in [0, 0.05) is 17.1 Å². The van der Waals surface area contributed by atoms with Gasteiger partial charge in [-0.05, 0) is 0 Å². The molecule has 0 spiro atoms. The topological polar surface area (TPSA) is 116 Å². The van der Waals surface area contributed by atoms with Gasteiger partial charge in [-0.1, -0.05) is 0 Å². The second kappa shape index (κ2) is 5.23. The number of hydrogen-bond acceptors (Lipinski definition) is 6. The summed E-state index contributed by atoms with van der Waals surface area (Å²) in [6.07, 6.45) is -4.85. The molecule has 1 aliphatic heterocycles. The second-order valence-corrected chi connectivity index (χ2v) is 2.81. The van der Waals surface area contributed by atoms with E-state index in [9.17, 15) is 10.2 Å². The van der Waals surface area contributed by atoms with Gasteiger partial charge in [0.1, 0.15) is 18.3 Å². The summed E-state index contributed by atoms with van der Waals surface area (Å²) in [6.45, 7) is -0.470. The molecule has 0 aromatic heterocycles. The van der Waals surface area contributed by atoms with Crippen molar-refractivity contribution in [2.24, 2.45) is 5.73 Å². The van der Waals surface area contributed by atoms with Crippen LogP contribution in [0.3, 0.4) is 0 Å². The Morgan fingerprint density at radius 3 is 2.15 bits per heavy atom. The predicted molar refractivity (Wildman–Crippen MR) is 38.0 cm³/mol. The van der Waals surface area contributed by atoms with Crippen LogP contribution in [0.15, 0.2) is 0 Å². The largest absolute Gasteiger partial charge is 0.394 e. The van der Waals surface area contributed by atoms with E-state index >= 15 is 0 Å². The number of ether oxygens (including phenoxy) is 1. The Balaban J connectivity index is 0.00000144. The Morgan fingerprint density at radius 2 is 1.69 bits per heavy atom. The van der Waals surface area contributed by atoms with Crippen LogP contribution < -0.4 is 5.73 Å². The maximum Gasteiger partial charge on any atom is 0.173 e. The standard InChI is InChI=1S/C6H13NO5.Cu/c7-3-5(10)4(9)2(1-8)12-6(3)11;/h2-6,8-11H,1,7H2;/t2-,3-,4-,5-,6-;/m1./s1. The third-order valence-corrected chi connectivity index (χ3v) is 1.95. The van der Waals surface area contributed by atoms with Gasteiger partial charge in [0.25, 0.3) is 0 Å². The van der Waals surface area contributed by atoms with Crippen molar-refractivity contribution >= 4 is 0 Å². The monoisotopic (exact) mass is 242 g/mol. The van der Waals surface area contributed by atoms with E-state index in [-0.39, 0.29) is 17.1 Å². The van der Waals surface area contributed by atoms with E-state index in [2.05, 4.69) is 0 Å². The van der Waals surface area contributed by atoms with Crippen LogP contribution in [0, 0.1) is 0 Å². The number of hydrogen-bond donors (Lipinski definition) is 5. The number of rotatable bonds is 1. The van der Waals surface area contributed by atoms with E-state index in [1.54, 1.807) is 0 Å². The molecule has 1 fully saturated rings. The molecule has 0 aromatic rings. The molecule has 6 N–H and O–H groups in total. The molecule has 0 unspecified atom stereocenters. The van der Waals surface area contributed by atoms with E-state index in [0.29, 0.717) is 0 Å². The third kappa shape index (κ3) is 2.61. The maximum absolute atomic E-state index is 9.20. The van der Waals surface area contributed by atoms with Crippen LogP contribution in [0.2, 0.25) is 0 Å². The zero-order valence-electron chi connectivity index (χ0n) is 6.67. The minimum absolute atomic E-state index is 0. The van der Waals surface area contributed by atoms with Crippen LogP contribution in [-0.4, -0.2) is 57.7 Å². The molecule has 1 radical (unpaired) electrons. The molecule has 5 atom stereocenters. The first kappa shape index (κ1) is 13.3. The normalized spacial score (nSPS) is 45.5. The first-order valence-corrected chi connectivity index (χ1v) is 3.64. The van der Waals surface area contributed by atoms with E-state index < -0.39 is 37.3 Å². The molecule has 1 heterocycles. The van der Waals surface area contributed by atoms with Crippen molar-refractivity contribution in [2.45, 2.75) is 30.6 Å². The van der Waals surface area contributed by atoms with E-state index in [1.807, 2.05) is 0 Å². The van der Waals surface area contributed by atoms with E-state index in [0.717, 1.165) is 0 Å². The zero-order valence-corrected chi connectivity index (χ0v) is 7.61. The van der Waals surface area contributed by atoms with Gasteiger partial charge in [0.2, 0.25) is 0 Å². The molecule has 0 bridgehead atoms. The Labute approximate surface area is 85.8 Å². The minimum atomic E-state index is -1.35. The molecule has 0 aromatic carbocycles. The van der Waals surface area contributed by atoms with Crippen molar-refractivity contribution in [1.29, 1.82) is 0 Å². The van der Waals surface area contributed by atoms with Crippen molar-refractivity contribution in [3.05, 3.63) is 0 Å². The van der Waals surface area contributed by atoms with Crippen molar-refractivity contribution < 1.29 is 42.2 Å². The summed E-state index contributed by atoms with van der Waals surface area (Å²) in [5.41, 5.74) is 5.26. The van der Waals surface area contributed by atoms with Crippen LogP contribution in [0.4, 0.5) is 0 Å². The SMILES string of the molecule is N[C@@H]1[C@@H](O)[C@H](O)[C@@H](CO)O[C@H]1O.[Cu]. The van der Waals surface area contributed by atoms with Gasteiger partial charge >= 0.3 is 0 Å². The number of nitrogens with two attached hydrogens (primary N) is 1. The molecule has 0 aliphatic carbocycles. The molecule has 7 heteroatoms. The summed E-state index contributed by atoms with van der Waals surface area (Å²) in [6, 6.07) is -1.04. The summed E-state index contributed by atoms with van der Waals surface area (Å²) in [4.78, 5) is 0. The average molecular weight is 243 g/mol. The Kier molecular flexibility index (Phi) is 5.34. The van der Waals surface area contributed by atoms with Gasteiger partial charge in [-0.3, -0.25) is 0 Å². The molecule has 0 saturated carbocycles. The van der Waals surface area contributed by atoms with Crippen molar-refractivity contribution in [3.63, 3.8) is 0 Å². The van der Waals surface area contributed by atoms with Gasteiger partial charge in [0.15, 0.2) is 6.29 Å². The van der Waals surface area contributed by atoms with Crippen LogP contribution >= 0.6 is 0 Å². The van der Waals surface area contributed by atoms with E-state index in [1.165, 1.54) is 0 Å². The van der Waals surface area contributed by atoms with Crippen molar-refractivity contribution in [1.82, 2.24) is 0 Å². The maximum atomic E-state index is 9.20. The van der Waals surface area contributed by atoms with Crippen LogP contribution in [0.5, 0.6) is 0 Å². The predicted octanol–water partition coefficient (Wildman–Crippen LogP) is -3.26. The Bertz CT molecular complexity index is 155. The average Bonchev–Trinajstić information content (AvgIpc) is 2.08. The second-order valence-electron chi connectivity index (χ2n) is 2.81. The number of aliphatic hydroxyl groups is 4. The van der Waals surface area contributed by atoms with Gasteiger partial charge in [-0.25, -0.2) is 0 Å². The summed E-state index contributed by atoms with van der Waals surface area (Å²) in [5, 5.41) is 36.1. The van der Waals surface area contributed by atoms with Crippen LogP contribution in [0.1, 0.15) is 0 Å². The first-order chi connectivity index (χ1) is 5.57. The summed E-state index contributed by atoms with van der Waals surface area (Å²) in [5.74, 6) is 0. The first-order valence-electron chi connectivity index (χ1n) is 3.64. The van der Waals surface area contributed by atoms with Crippen LogP contribution in [0.25, 0.3) is 0 Å². The molecular weight excluding hydrogens is 230 g/mol. The van der Waals surface area contributed by atoms with Gasteiger partial charge in [-0.2, -0.15) is 0 Å². The van der Waals surface area contributed by atoms with Crippen LogP contribution in [-0.2, 0) is 21.8 Å². The fourth-order valence-corrected chi connectivity index (χ4v) is 1.12.